The van der Waals surface area contributed by atoms with Crippen LogP contribution >= 0.6 is 0 Å². The van der Waals surface area contributed by atoms with E-state index < -0.39 is 18.3 Å². The van der Waals surface area contributed by atoms with Crippen LogP contribution in [0.3, 0.4) is 0 Å². The highest BCUT2D eigenvalue weighted by molar-refractivity contribution is 8.62. The van der Waals surface area contributed by atoms with E-state index in [0.717, 1.165) is 0 Å². The summed E-state index contributed by atoms with van der Waals surface area (Å²) in [5, 5.41) is 2.62. The minimum absolute atomic E-state index is 1.31. The van der Waals surface area contributed by atoms with Gasteiger partial charge in [-0.3, -0.25) is 9.11 Å². The lowest BCUT2D eigenvalue weighted by Crippen LogP contribution is -2.11. The molecular formula is C10H10O6S2. The molecule has 0 atom stereocenters. The van der Waals surface area contributed by atoms with E-state index in [1.807, 2.05) is 0 Å². The van der Waals surface area contributed by atoms with E-state index >= 15 is 0 Å². The first-order chi connectivity index (χ1) is 8.22. The summed E-state index contributed by atoms with van der Waals surface area (Å²) in [5.74, 6) is 0. The molecule has 0 unspecified atom stereocenters. The highest BCUT2D eigenvalue weighted by atomic mass is 33.2. The SMILES string of the molecule is O=S(=O)(O)S(=O)(=O)O.c1ccc2ccccc2c1. The molecule has 0 aliphatic carbocycles. The fourth-order valence-corrected chi connectivity index (χ4v) is 1.13. The molecule has 0 spiro atoms. The molecule has 98 valence electrons. The van der Waals surface area contributed by atoms with Gasteiger partial charge in [-0.15, -0.1) is 0 Å². The third-order valence-corrected chi connectivity index (χ3v) is 4.05. The molecule has 2 rings (SSSR count). The maximum absolute atomic E-state index is 9.37. The van der Waals surface area contributed by atoms with Crippen molar-refractivity contribution in [3.8, 4) is 0 Å². The summed E-state index contributed by atoms with van der Waals surface area (Å²) in [5.41, 5.74) is 0. The first-order valence-corrected chi connectivity index (χ1v) is 8.00. The van der Waals surface area contributed by atoms with Gasteiger partial charge in [-0.1, -0.05) is 48.5 Å². The van der Waals surface area contributed by atoms with Gasteiger partial charge >= 0.3 is 18.3 Å². The second-order valence-electron chi connectivity index (χ2n) is 3.20. The average molecular weight is 290 g/mol. The number of fused-ring (bicyclic) bond motifs is 1. The molecule has 0 aliphatic heterocycles. The summed E-state index contributed by atoms with van der Waals surface area (Å²) in [6, 6.07) is 16.7. The Morgan fingerprint density at radius 1 is 0.611 bits per heavy atom. The van der Waals surface area contributed by atoms with E-state index in [-0.39, 0.29) is 0 Å². The van der Waals surface area contributed by atoms with Gasteiger partial charge in [0.25, 0.3) is 0 Å². The van der Waals surface area contributed by atoms with Gasteiger partial charge in [0.1, 0.15) is 0 Å². The van der Waals surface area contributed by atoms with Crippen LogP contribution in [0.2, 0.25) is 0 Å². The molecule has 0 aromatic heterocycles. The van der Waals surface area contributed by atoms with Gasteiger partial charge in [0.2, 0.25) is 0 Å². The summed E-state index contributed by atoms with van der Waals surface area (Å²) in [7, 11) is -10.6. The van der Waals surface area contributed by atoms with Crippen molar-refractivity contribution in [2.24, 2.45) is 0 Å². The van der Waals surface area contributed by atoms with Crippen LogP contribution in [0.1, 0.15) is 0 Å². The van der Waals surface area contributed by atoms with Gasteiger partial charge in [-0.2, -0.15) is 16.8 Å². The van der Waals surface area contributed by atoms with Gasteiger partial charge in [-0.05, 0) is 10.8 Å². The Labute approximate surface area is 104 Å². The van der Waals surface area contributed by atoms with E-state index in [0.29, 0.717) is 0 Å². The Bertz CT molecular complexity index is 638. The maximum Gasteiger partial charge on any atom is 0.397 e. The zero-order valence-electron chi connectivity index (χ0n) is 8.96. The molecule has 8 heteroatoms. The Kier molecular flexibility index (Phi) is 4.41. The highest BCUT2D eigenvalue weighted by Gasteiger charge is 2.22. The minimum Gasteiger partial charge on any atom is -0.272 e. The van der Waals surface area contributed by atoms with E-state index in [9.17, 15) is 16.8 Å². The normalized spacial score (nSPS) is 11.7. The molecule has 2 aromatic carbocycles. The van der Waals surface area contributed by atoms with E-state index in [4.69, 9.17) is 9.11 Å². The molecule has 0 heterocycles. The molecule has 0 saturated heterocycles. The van der Waals surface area contributed by atoms with Crippen molar-refractivity contribution >= 4 is 29.1 Å². The van der Waals surface area contributed by atoms with Gasteiger partial charge in [-0.25, -0.2) is 0 Å². The zero-order valence-corrected chi connectivity index (χ0v) is 10.6. The molecule has 0 saturated carbocycles. The standard InChI is InChI=1S/C10H8.H2O6S2/c1-2-6-10-8-4-3-7-9(10)5-1;1-7(2,3)8(4,5)6/h1-8H;(H,1,2,3)(H,4,5,6). The molecule has 0 bridgehead atoms. The second-order valence-corrected chi connectivity index (χ2v) is 7.44. The Morgan fingerprint density at radius 2 is 0.833 bits per heavy atom. The molecule has 0 aliphatic rings. The monoisotopic (exact) mass is 290 g/mol. The highest BCUT2D eigenvalue weighted by Crippen LogP contribution is 2.11. The van der Waals surface area contributed by atoms with Crippen molar-refractivity contribution < 1.29 is 25.9 Å². The zero-order chi connectivity index (χ0) is 13.8. The molecular weight excluding hydrogens is 280 g/mol. The first kappa shape index (κ1) is 14.6. The number of hydrogen-bond donors (Lipinski definition) is 2. The van der Waals surface area contributed by atoms with Gasteiger partial charge < -0.3 is 0 Å². The molecule has 0 fully saturated rings. The predicted molar refractivity (Wildman–Crippen MR) is 67.0 cm³/mol. The summed E-state index contributed by atoms with van der Waals surface area (Å²) in [6.45, 7) is 0. The second kappa shape index (κ2) is 5.44. The Balaban J connectivity index is 0.000000187. The molecule has 6 nitrogen and oxygen atoms in total. The van der Waals surface area contributed by atoms with Crippen LogP contribution in [0, 0.1) is 0 Å². The van der Waals surface area contributed by atoms with Gasteiger partial charge in [0, 0.05) is 0 Å². The number of benzene rings is 2. The average Bonchev–Trinajstić information content (AvgIpc) is 2.27. The summed E-state index contributed by atoms with van der Waals surface area (Å²) >= 11 is 0. The van der Waals surface area contributed by atoms with Crippen LogP contribution in [-0.2, 0) is 18.3 Å². The van der Waals surface area contributed by atoms with Crippen molar-refractivity contribution in [3.05, 3.63) is 48.5 Å². The topological polar surface area (TPSA) is 109 Å². The largest absolute Gasteiger partial charge is 0.397 e. The van der Waals surface area contributed by atoms with Crippen molar-refractivity contribution in [3.63, 3.8) is 0 Å². The van der Waals surface area contributed by atoms with Gasteiger partial charge in [0.05, 0.1) is 0 Å². The lowest BCUT2D eigenvalue weighted by atomic mass is 10.1. The Morgan fingerprint density at radius 3 is 1.00 bits per heavy atom. The van der Waals surface area contributed by atoms with Crippen molar-refractivity contribution in [1.29, 1.82) is 0 Å². The molecule has 2 N–H and O–H groups in total. The van der Waals surface area contributed by atoms with E-state index in [2.05, 4.69) is 48.5 Å². The van der Waals surface area contributed by atoms with E-state index in [1.54, 1.807) is 0 Å². The number of rotatable bonds is 1. The van der Waals surface area contributed by atoms with Crippen molar-refractivity contribution in [2.45, 2.75) is 0 Å². The minimum atomic E-state index is -5.31. The summed E-state index contributed by atoms with van der Waals surface area (Å²) < 4.78 is 52.5. The van der Waals surface area contributed by atoms with Crippen molar-refractivity contribution in [1.82, 2.24) is 0 Å². The van der Waals surface area contributed by atoms with Crippen LogP contribution in [0.25, 0.3) is 10.8 Å². The van der Waals surface area contributed by atoms with Crippen LogP contribution < -0.4 is 0 Å². The van der Waals surface area contributed by atoms with Crippen LogP contribution in [0.5, 0.6) is 0 Å². The first-order valence-electron chi connectivity index (χ1n) is 4.60. The predicted octanol–water partition coefficient (Wildman–Crippen LogP) is 1.52. The van der Waals surface area contributed by atoms with E-state index in [1.165, 1.54) is 10.8 Å². The fraction of sp³-hybridized carbons (Fsp3) is 0. The lowest BCUT2D eigenvalue weighted by molar-refractivity contribution is 0.460. The van der Waals surface area contributed by atoms with Crippen LogP contribution in [-0.4, -0.2) is 25.9 Å². The van der Waals surface area contributed by atoms with Crippen molar-refractivity contribution in [2.75, 3.05) is 0 Å². The molecule has 0 amide bonds. The molecule has 2 aromatic rings. The summed E-state index contributed by atoms with van der Waals surface area (Å²) in [6.07, 6.45) is 0. The Hall–Kier alpha value is -1.48. The maximum atomic E-state index is 9.37. The summed E-state index contributed by atoms with van der Waals surface area (Å²) in [4.78, 5) is 0. The third kappa shape index (κ3) is 4.08. The van der Waals surface area contributed by atoms with Gasteiger partial charge in [0.15, 0.2) is 0 Å². The van der Waals surface area contributed by atoms with Crippen LogP contribution in [0.4, 0.5) is 0 Å². The van der Waals surface area contributed by atoms with Crippen LogP contribution in [0.15, 0.2) is 48.5 Å². The molecule has 0 radical (unpaired) electrons. The molecule has 18 heavy (non-hydrogen) atoms. The quantitative estimate of drug-likeness (QED) is 0.608. The smallest absolute Gasteiger partial charge is 0.272 e. The number of hydrogen-bond acceptors (Lipinski definition) is 4. The third-order valence-electron chi connectivity index (χ3n) is 1.92. The fourth-order valence-electron chi connectivity index (χ4n) is 1.13. The lowest BCUT2D eigenvalue weighted by Gasteiger charge is -1.92.